The van der Waals surface area contributed by atoms with Crippen LogP contribution < -0.4 is 4.72 Å². The Labute approximate surface area is 127 Å². The maximum absolute atomic E-state index is 11.8. The third-order valence-electron chi connectivity index (χ3n) is 2.64. The van der Waals surface area contributed by atoms with Crippen LogP contribution in [0.1, 0.15) is 18.6 Å². The quantitative estimate of drug-likeness (QED) is 0.411. The number of rotatable bonds is 7. The highest BCUT2D eigenvalue weighted by molar-refractivity contribution is 7.88. The first-order chi connectivity index (χ1) is 10.2. The van der Waals surface area contributed by atoms with Crippen molar-refractivity contribution in [2.45, 2.75) is 19.1 Å². The fourth-order valence-corrected chi connectivity index (χ4v) is 2.38. The number of ether oxygens (including phenoxy) is 1. The lowest BCUT2D eigenvalue weighted by Crippen LogP contribution is -2.45. The number of nitro groups is 1. The van der Waals surface area contributed by atoms with Gasteiger partial charge in [-0.2, -0.15) is 4.72 Å². The lowest BCUT2D eigenvalue weighted by atomic mass is 10.0. The Morgan fingerprint density at radius 1 is 1.41 bits per heavy atom. The van der Waals surface area contributed by atoms with E-state index in [0.29, 0.717) is 0 Å². The predicted octanol–water partition coefficient (Wildman–Crippen LogP) is 0.109. The van der Waals surface area contributed by atoms with Gasteiger partial charge in [-0.1, -0.05) is 0 Å². The average Bonchev–Trinajstić information content (AvgIpc) is 2.43. The van der Waals surface area contributed by atoms with E-state index in [-0.39, 0.29) is 17.9 Å². The molecule has 0 heterocycles. The number of nitro benzene ring substituents is 1. The molecule has 0 saturated heterocycles. The van der Waals surface area contributed by atoms with Crippen LogP contribution >= 0.6 is 0 Å². The standard InChI is InChI=1S/C12H16N2O7S/c1-3-21-12(16)10(13-22(2,19)20)11(15)8-4-6-9(7-5-8)14(17)18/h4-7,10-11,13,15H,3H2,1-2H3/t10-,11+/m0/s1. The number of nitrogens with zero attached hydrogens (tertiary/aromatic N) is 1. The maximum atomic E-state index is 11.8. The second kappa shape index (κ2) is 7.29. The van der Waals surface area contributed by atoms with Gasteiger partial charge >= 0.3 is 5.97 Å². The zero-order chi connectivity index (χ0) is 16.9. The first-order valence-electron chi connectivity index (χ1n) is 6.22. The summed E-state index contributed by atoms with van der Waals surface area (Å²) in [5, 5.41) is 20.7. The van der Waals surface area contributed by atoms with Crippen molar-refractivity contribution in [3.63, 3.8) is 0 Å². The van der Waals surface area contributed by atoms with Crippen LogP contribution in [-0.2, 0) is 19.6 Å². The van der Waals surface area contributed by atoms with E-state index >= 15 is 0 Å². The van der Waals surface area contributed by atoms with E-state index in [1.807, 2.05) is 4.72 Å². The van der Waals surface area contributed by atoms with Gasteiger partial charge in [-0.05, 0) is 24.6 Å². The number of carbonyl (C=O) groups is 1. The van der Waals surface area contributed by atoms with Crippen molar-refractivity contribution in [3.05, 3.63) is 39.9 Å². The smallest absolute Gasteiger partial charge is 0.327 e. The summed E-state index contributed by atoms with van der Waals surface area (Å²) in [6, 6.07) is 3.21. The molecule has 1 aromatic rings. The van der Waals surface area contributed by atoms with Crippen molar-refractivity contribution in [1.82, 2.24) is 4.72 Å². The third-order valence-corrected chi connectivity index (χ3v) is 3.32. The van der Waals surface area contributed by atoms with E-state index in [4.69, 9.17) is 4.74 Å². The molecule has 0 aliphatic carbocycles. The molecule has 10 heteroatoms. The lowest BCUT2D eigenvalue weighted by Gasteiger charge is -2.21. The number of carbonyl (C=O) groups excluding carboxylic acids is 1. The number of sulfonamides is 1. The third kappa shape index (κ3) is 5.06. The van der Waals surface area contributed by atoms with E-state index < -0.39 is 33.1 Å². The summed E-state index contributed by atoms with van der Waals surface area (Å²) >= 11 is 0. The monoisotopic (exact) mass is 332 g/mol. The summed E-state index contributed by atoms with van der Waals surface area (Å²) in [6.07, 6.45) is -0.712. The van der Waals surface area contributed by atoms with Crippen LogP contribution in [0.3, 0.4) is 0 Å². The summed E-state index contributed by atoms with van der Waals surface area (Å²) in [4.78, 5) is 21.8. The topological polar surface area (TPSA) is 136 Å². The van der Waals surface area contributed by atoms with E-state index in [1.165, 1.54) is 19.1 Å². The number of aliphatic hydroxyl groups excluding tert-OH is 1. The minimum absolute atomic E-state index is 0.00770. The molecule has 0 bridgehead atoms. The first kappa shape index (κ1) is 18.0. The molecule has 2 atom stereocenters. The highest BCUT2D eigenvalue weighted by Crippen LogP contribution is 2.21. The molecule has 0 unspecified atom stereocenters. The molecule has 0 aliphatic heterocycles. The normalized spacial score (nSPS) is 14.1. The van der Waals surface area contributed by atoms with Gasteiger partial charge in [-0.15, -0.1) is 0 Å². The molecule has 0 spiro atoms. The Morgan fingerprint density at radius 2 is 1.95 bits per heavy atom. The van der Waals surface area contributed by atoms with Gasteiger partial charge in [0, 0.05) is 12.1 Å². The lowest BCUT2D eigenvalue weighted by molar-refractivity contribution is -0.384. The van der Waals surface area contributed by atoms with Gasteiger partial charge in [-0.3, -0.25) is 14.9 Å². The minimum atomic E-state index is -3.78. The van der Waals surface area contributed by atoms with Gasteiger partial charge in [0.25, 0.3) is 5.69 Å². The SMILES string of the molecule is CCOC(=O)[C@@H](NS(C)(=O)=O)[C@H](O)c1ccc([N+](=O)[O-])cc1. The number of aliphatic hydroxyl groups is 1. The van der Waals surface area contributed by atoms with Gasteiger partial charge in [-0.25, -0.2) is 8.42 Å². The molecule has 0 aromatic heterocycles. The first-order valence-corrected chi connectivity index (χ1v) is 8.11. The molecule has 1 rings (SSSR count). The summed E-state index contributed by atoms with van der Waals surface area (Å²) in [6.45, 7) is 1.54. The molecular weight excluding hydrogens is 316 g/mol. The van der Waals surface area contributed by atoms with Crippen molar-refractivity contribution in [3.8, 4) is 0 Å². The van der Waals surface area contributed by atoms with Crippen LogP contribution in [-0.4, -0.2) is 43.3 Å². The van der Waals surface area contributed by atoms with Crippen LogP contribution in [0.15, 0.2) is 24.3 Å². The molecule has 9 nitrogen and oxygen atoms in total. The van der Waals surface area contributed by atoms with Crippen LogP contribution in [0, 0.1) is 10.1 Å². The van der Waals surface area contributed by atoms with E-state index in [1.54, 1.807) is 0 Å². The average molecular weight is 332 g/mol. The Bertz CT molecular complexity index is 642. The molecule has 22 heavy (non-hydrogen) atoms. The molecule has 122 valence electrons. The van der Waals surface area contributed by atoms with Crippen LogP contribution in [0.25, 0.3) is 0 Å². The molecule has 0 amide bonds. The fourth-order valence-electron chi connectivity index (χ4n) is 1.69. The zero-order valence-corrected chi connectivity index (χ0v) is 12.7. The van der Waals surface area contributed by atoms with E-state index in [2.05, 4.69) is 0 Å². The van der Waals surface area contributed by atoms with Gasteiger partial charge in [0.2, 0.25) is 10.0 Å². The van der Waals surface area contributed by atoms with Crippen molar-refractivity contribution >= 4 is 21.7 Å². The molecular formula is C12H16N2O7S. The number of benzene rings is 1. The van der Waals surface area contributed by atoms with E-state index in [0.717, 1.165) is 18.4 Å². The van der Waals surface area contributed by atoms with Gasteiger partial charge in [0.1, 0.15) is 12.1 Å². The predicted molar refractivity (Wildman–Crippen MR) is 76.5 cm³/mol. The number of hydrogen-bond acceptors (Lipinski definition) is 7. The molecule has 2 N–H and O–H groups in total. The van der Waals surface area contributed by atoms with Crippen LogP contribution in [0.4, 0.5) is 5.69 Å². The van der Waals surface area contributed by atoms with E-state index in [9.17, 15) is 28.4 Å². The second-order valence-corrected chi connectivity index (χ2v) is 6.19. The van der Waals surface area contributed by atoms with Crippen LogP contribution in [0.2, 0.25) is 0 Å². The number of esters is 1. The van der Waals surface area contributed by atoms with Crippen molar-refractivity contribution in [2.24, 2.45) is 0 Å². The van der Waals surface area contributed by atoms with Crippen molar-refractivity contribution in [2.75, 3.05) is 12.9 Å². The Hall–Kier alpha value is -2.04. The largest absolute Gasteiger partial charge is 0.465 e. The highest BCUT2D eigenvalue weighted by atomic mass is 32.2. The maximum Gasteiger partial charge on any atom is 0.327 e. The molecule has 0 aliphatic rings. The summed E-state index contributed by atoms with van der Waals surface area (Å²) < 4.78 is 29.3. The van der Waals surface area contributed by atoms with Crippen molar-refractivity contribution in [1.29, 1.82) is 0 Å². The van der Waals surface area contributed by atoms with Gasteiger partial charge in [0.05, 0.1) is 17.8 Å². The summed E-state index contributed by atoms with van der Waals surface area (Å²) in [5.41, 5.74) is -0.0560. The van der Waals surface area contributed by atoms with Gasteiger partial charge < -0.3 is 9.84 Å². The van der Waals surface area contributed by atoms with Crippen LogP contribution in [0.5, 0.6) is 0 Å². The van der Waals surface area contributed by atoms with Crippen molar-refractivity contribution < 1.29 is 28.0 Å². The number of non-ortho nitro benzene ring substituents is 1. The minimum Gasteiger partial charge on any atom is -0.465 e. The molecule has 0 fully saturated rings. The Balaban J connectivity index is 3.06. The molecule has 0 radical (unpaired) electrons. The Kier molecular flexibility index (Phi) is 5.97. The zero-order valence-electron chi connectivity index (χ0n) is 11.9. The highest BCUT2D eigenvalue weighted by Gasteiger charge is 2.32. The molecule has 0 saturated carbocycles. The number of hydrogen-bond donors (Lipinski definition) is 2. The Morgan fingerprint density at radius 3 is 2.36 bits per heavy atom. The van der Waals surface area contributed by atoms with Gasteiger partial charge in [0.15, 0.2) is 0 Å². The fraction of sp³-hybridized carbons (Fsp3) is 0.417. The summed E-state index contributed by atoms with van der Waals surface area (Å²) in [7, 11) is -3.78. The number of nitrogens with one attached hydrogen (secondary N) is 1. The molecule has 1 aromatic carbocycles. The summed E-state index contributed by atoms with van der Waals surface area (Å²) in [5.74, 6) is -0.946. The second-order valence-electron chi connectivity index (χ2n) is 4.41.